The summed E-state index contributed by atoms with van der Waals surface area (Å²) in [7, 11) is -1.11. The van der Waals surface area contributed by atoms with Gasteiger partial charge in [-0.1, -0.05) is 36.7 Å². The van der Waals surface area contributed by atoms with Crippen molar-refractivity contribution in [2.45, 2.75) is 81.6 Å². The Bertz CT molecular complexity index is 1980. The number of fused-ring (bicyclic) bond motifs is 5. The van der Waals surface area contributed by atoms with Gasteiger partial charge in [0.15, 0.2) is 0 Å². The van der Waals surface area contributed by atoms with Gasteiger partial charge < -0.3 is 19.3 Å². The lowest BCUT2D eigenvalue weighted by molar-refractivity contribution is -0.134. The van der Waals surface area contributed by atoms with E-state index in [-0.39, 0.29) is 34.3 Å². The number of nitrogens with one attached hydrogen (secondary N) is 1. The highest BCUT2D eigenvalue weighted by Crippen LogP contribution is 2.49. The fourth-order valence-corrected chi connectivity index (χ4v) is 12.4. The lowest BCUT2D eigenvalue weighted by Crippen LogP contribution is -2.65. The van der Waals surface area contributed by atoms with Crippen LogP contribution in [-0.4, -0.2) is 126 Å². The number of methoxy groups -OCH3 is 1. The van der Waals surface area contributed by atoms with E-state index in [2.05, 4.69) is 56.5 Å². The zero-order chi connectivity index (χ0) is 39.4. The smallest absolute Gasteiger partial charge is 0.262 e. The Kier molecular flexibility index (Phi) is 11.1. The molecule has 1 N–H and O–H groups in total. The Labute approximate surface area is 339 Å². The topological polar surface area (TPSA) is 94.7 Å². The van der Waals surface area contributed by atoms with Gasteiger partial charge in [0.05, 0.1) is 22.0 Å². The van der Waals surface area contributed by atoms with Crippen molar-refractivity contribution in [2.75, 3.05) is 77.5 Å². The van der Waals surface area contributed by atoms with Crippen LogP contribution in [0.5, 0.6) is 5.75 Å². The number of ether oxygens (including phenoxy) is 2. The molecule has 56 heavy (non-hydrogen) atoms. The van der Waals surface area contributed by atoms with Crippen molar-refractivity contribution in [1.82, 2.24) is 19.4 Å². The van der Waals surface area contributed by atoms with Gasteiger partial charge in [-0.2, -0.15) is 0 Å². The predicted molar refractivity (Wildman–Crippen MR) is 225 cm³/mol. The Hall–Kier alpha value is -3.09. The number of hydrogen-bond donors (Lipinski definition) is 1. The first-order valence-corrected chi connectivity index (χ1v) is 22.9. The average molecular weight is 807 g/mol. The van der Waals surface area contributed by atoms with Gasteiger partial charge in [0.1, 0.15) is 11.4 Å². The number of piperazine rings is 2. The fourth-order valence-electron chi connectivity index (χ4n) is 10.7. The second-order valence-electron chi connectivity index (χ2n) is 17.8. The Balaban J connectivity index is 1.17. The molecule has 8 rings (SSSR count). The zero-order valence-electron chi connectivity index (χ0n) is 33.6. The number of benzene rings is 2. The molecule has 12 heteroatoms. The van der Waals surface area contributed by atoms with Crippen molar-refractivity contribution in [3.05, 3.63) is 70.3 Å². The van der Waals surface area contributed by atoms with E-state index in [9.17, 15) is 13.8 Å². The molecule has 6 aliphatic rings. The highest BCUT2D eigenvalue weighted by atomic mass is 35.5. The highest BCUT2D eigenvalue weighted by Gasteiger charge is 2.50. The molecule has 10 nitrogen and oxygen atoms in total. The third-order valence-electron chi connectivity index (χ3n) is 14.4. The van der Waals surface area contributed by atoms with Gasteiger partial charge in [0.25, 0.3) is 5.91 Å². The minimum absolute atomic E-state index is 0.0000689. The van der Waals surface area contributed by atoms with Crippen LogP contribution in [-0.2, 0) is 31.1 Å². The second-order valence-corrected chi connectivity index (χ2v) is 20.6. The summed E-state index contributed by atoms with van der Waals surface area (Å²) in [5, 5.41) is 0.397. The number of allylic oxidation sites excluding steroid dienone is 1. The molecule has 2 aromatic rings. The SMILES string of the molecule is C=S1(=O)NC(=O)c2ccc3c(c2)N(C[C@@H]2CC[C@H]2[C@@](CN2CCN4CCN(C(C)=O)C[C@@H]4C2)(OC)/C=C/C[C@H](C)[C@H]1C)C[C@@]1(CCCc2cc(Cl)ccc21)CO3. The van der Waals surface area contributed by atoms with Crippen molar-refractivity contribution < 1.29 is 23.3 Å². The van der Waals surface area contributed by atoms with Gasteiger partial charge in [0, 0.05) is 100 Å². The molecule has 2 aromatic carbocycles. The lowest BCUT2D eigenvalue weighted by Gasteiger charge is -2.53. The standard InChI is InChI=1S/C44H60ClN5O5S/c1-30-8-6-17-44(54-4,28-47-18-19-48-20-21-49(32(3)51)26-37(48)25-47)39-13-10-35(39)24-50-27-43(16-7-9-33-22-36(45)12-14-38(33)43)29-55-41-15-11-34(23-40(41)50)42(52)46-56(5,53)31(30)2/h6,11-12,14-15,17,22-23,30-31,35,37,39H,5,7-10,13,16,18-21,24-29H2,1-4H3,(H,46,52,53)/b17-6+/t30-,31+,35-,37-,39+,43-,44+,56?/m0/s1. The summed E-state index contributed by atoms with van der Waals surface area (Å²) in [6.07, 6.45) is 10.4. The number of carbonyl (C=O) groups excluding carboxylic acids is 2. The molecular formula is C44H60ClN5O5S. The maximum absolute atomic E-state index is 14.1. The first kappa shape index (κ1) is 39.7. The molecule has 4 aliphatic heterocycles. The average Bonchev–Trinajstić information content (AvgIpc) is 3.31. The Morgan fingerprint density at radius 1 is 1.09 bits per heavy atom. The third kappa shape index (κ3) is 7.51. The van der Waals surface area contributed by atoms with Crippen molar-refractivity contribution >= 4 is 44.7 Å². The van der Waals surface area contributed by atoms with Crippen molar-refractivity contribution in [3.63, 3.8) is 0 Å². The molecule has 1 unspecified atom stereocenters. The number of aryl methyl sites for hydroxylation is 1. The van der Waals surface area contributed by atoms with Crippen molar-refractivity contribution in [1.29, 1.82) is 0 Å². The van der Waals surface area contributed by atoms with Gasteiger partial charge in [-0.25, -0.2) is 4.21 Å². The van der Waals surface area contributed by atoms with Crippen molar-refractivity contribution in [3.8, 4) is 5.75 Å². The molecule has 2 bridgehead atoms. The number of rotatable bonds is 3. The van der Waals surface area contributed by atoms with Gasteiger partial charge in [-0.3, -0.25) is 24.1 Å². The second kappa shape index (κ2) is 15.6. The quantitative estimate of drug-likeness (QED) is 0.325. The maximum atomic E-state index is 14.1. The third-order valence-corrected chi connectivity index (χ3v) is 16.9. The van der Waals surface area contributed by atoms with Crippen LogP contribution in [0.15, 0.2) is 48.6 Å². The number of halogens is 1. The van der Waals surface area contributed by atoms with Crippen LogP contribution in [0, 0.1) is 17.8 Å². The number of hydrogen-bond acceptors (Lipinski definition) is 8. The Morgan fingerprint density at radius 3 is 2.68 bits per heavy atom. The summed E-state index contributed by atoms with van der Waals surface area (Å²) < 4.78 is 30.5. The summed E-state index contributed by atoms with van der Waals surface area (Å²) in [5.41, 5.74) is 3.14. The summed E-state index contributed by atoms with van der Waals surface area (Å²) >= 11 is 6.53. The van der Waals surface area contributed by atoms with E-state index < -0.39 is 15.3 Å². The highest BCUT2D eigenvalue weighted by molar-refractivity contribution is 7.99. The van der Waals surface area contributed by atoms with E-state index in [0.29, 0.717) is 30.6 Å². The van der Waals surface area contributed by atoms with Crippen molar-refractivity contribution in [2.24, 2.45) is 17.8 Å². The summed E-state index contributed by atoms with van der Waals surface area (Å²) in [4.78, 5) is 35.8. The molecule has 1 spiro atoms. The van der Waals surface area contributed by atoms with E-state index in [1.807, 2.05) is 37.1 Å². The molecule has 3 fully saturated rings. The predicted octanol–water partition coefficient (Wildman–Crippen LogP) is 5.42. The van der Waals surface area contributed by atoms with Crippen LogP contribution in [0.1, 0.15) is 74.4 Å². The molecule has 304 valence electrons. The molecule has 2 amide bonds. The van der Waals surface area contributed by atoms with Crippen LogP contribution in [0.3, 0.4) is 0 Å². The molecule has 4 heterocycles. The van der Waals surface area contributed by atoms with Crippen LogP contribution in [0.4, 0.5) is 5.69 Å². The molecule has 1 saturated carbocycles. The zero-order valence-corrected chi connectivity index (χ0v) is 35.2. The number of amides is 2. The summed E-state index contributed by atoms with van der Waals surface area (Å²) in [5.74, 6) is 5.21. The monoisotopic (exact) mass is 805 g/mol. The van der Waals surface area contributed by atoms with Crippen LogP contribution in [0.2, 0.25) is 5.02 Å². The van der Waals surface area contributed by atoms with E-state index in [1.54, 1.807) is 13.0 Å². The minimum atomic E-state index is -2.99. The molecule has 8 atom stereocenters. The first-order valence-electron chi connectivity index (χ1n) is 20.7. The van der Waals surface area contributed by atoms with E-state index in [1.165, 1.54) is 11.1 Å². The molecule has 0 radical (unpaired) electrons. The van der Waals surface area contributed by atoms with Crippen LogP contribution < -0.4 is 14.4 Å². The van der Waals surface area contributed by atoms with Gasteiger partial charge in [-0.15, -0.1) is 0 Å². The largest absolute Gasteiger partial charge is 0.490 e. The fraction of sp³-hybridized carbons (Fsp3) is 0.614. The van der Waals surface area contributed by atoms with Crippen LogP contribution >= 0.6 is 11.6 Å². The molecular weight excluding hydrogens is 746 g/mol. The lowest BCUT2D eigenvalue weighted by atomic mass is 9.63. The van der Waals surface area contributed by atoms with E-state index in [4.69, 9.17) is 21.1 Å². The number of carbonyl (C=O) groups is 2. The normalized spacial score (nSPS) is 35.9. The molecule has 0 aromatic heterocycles. The molecule has 2 aliphatic carbocycles. The summed E-state index contributed by atoms with van der Waals surface area (Å²) in [6, 6.07) is 12.3. The molecule has 2 saturated heterocycles. The van der Waals surface area contributed by atoms with Crippen LogP contribution in [0.25, 0.3) is 0 Å². The maximum Gasteiger partial charge on any atom is 0.262 e. The number of nitrogens with zero attached hydrogens (tertiary/aromatic N) is 4. The Morgan fingerprint density at radius 2 is 1.91 bits per heavy atom. The van der Waals surface area contributed by atoms with E-state index >= 15 is 0 Å². The van der Waals surface area contributed by atoms with Gasteiger partial charge >= 0.3 is 0 Å². The minimum Gasteiger partial charge on any atom is -0.490 e. The van der Waals surface area contributed by atoms with Gasteiger partial charge in [0.2, 0.25) is 5.91 Å². The number of anilines is 1. The first-order chi connectivity index (χ1) is 26.8. The van der Waals surface area contributed by atoms with E-state index in [0.717, 1.165) is 107 Å². The van der Waals surface area contributed by atoms with Gasteiger partial charge in [-0.05, 0) is 111 Å². The summed E-state index contributed by atoms with van der Waals surface area (Å²) in [6.45, 7) is 13.8.